The summed E-state index contributed by atoms with van der Waals surface area (Å²) in [5.41, 5.74) is 0.896. The van der Waals surface area contributed by atoms with Gasteiger partial charge in [-0.2, -0.15) is 0 Å². The van der Waals surface area contributed by atoms with E-state index in [1.807, 2.05) is 0 Å². The van der Waals surface area contributed by atoms with Crippen LogP contribution >= 0.6 is 27.5 Å². The average molecular weight is 282 g/mol. The molecule has 1 N–H and O–H groups in total. The van der Waals surface area contributed by atoms with Gasteiger partial charge >= 0.3 is 0 Å². The van der Waals surface area contributed by atoms with Crippen molar-refractivity contribution in [3.63, 3.8) is 0 Å². The monoisotopic (exact) mass is 280 g/mol. The van der Waals surface area contributed by atoms with Crippen LogP contribution in [0, 0.1) is 12.7 Å². The SMILES string of the molecule is Cc1cc(Cl)c(C(O)C(C)Br)cc1F. The number of aryl methyl sites for hydroxylation is 1. The molecule has 0 radical (unpaired) electrons. The Labute approximate surface area is 96.0 Å². The number of alkyl halides is 1. The van der Waals surface area contributed by atoms with Gasteiger partial charge in [0.05, 0.1) is 6.10 Å². The number of aliphatic hydroxyl groups is 1. The third-order valence-electron chi connectivity index (χ3n) is 2.03. The zero-order chi connectivity index (χ0) is 10.9. The van der Waals surface area contributed by atoms with Gasteiger partial charge < -0.3 is 5.11 Å². The van der Waals surface area contributed by atoms with E-state index in [0.29, 0.717) is 16.1 Å². The Kier molecular flexibility index (Phi) is 3.93. The standard InChI is InChI=1S/C10H11BrClFO/c1-5-3-8(12)7(4-9(5)13)10(14)6(2)11/h3-4,6,10,14H,1-2H3. The molecule has 0 bridgehead atoms. The van der Waals surface area contributed by atoms with Gasteiger partial charge in [-0.25, -0.2) is 4.39 Å². The Hall–Kier alpha value is -0.120. The van der Waals surface area contributed by atoms with Crippen molar-refractivity contribution in [2.75, 3.05) is 0 Å². The molecule has 0 saturated heterocycles. The van der Waals surface area contributed by atoms with Gasteiger partial charge in [0.15, 0.2) is 0 Å². The number of aliphatic hydroxyl groups excluding tert-OH is 1. The summed E-state index contributed by atoms with van der Waals surface area (Å²) in [4.78, 5) is -0.165. The normalized spacial score (nSPS) is 15.3. The van der Waals surface area contributed by atoms with E-state index in [0.717, 1.165) is 0 Å². The number of hydrogen-bond acceptors (Lipinski definition) is 1. The van der Waals surface area contributed by atoms with Crippen LogP contribution in [0.3, 0.4) is 0 Å². The number of rotatable bonds is 2. The van der Waals surface area contributed by atoms with Crippen LogP contribution in [-0.2, 0) is 0 Å². The molecule has 0 saturated carbocycles. The summed E-state index contributed by atoms with van der Waals surface area (Å²) in [6, 6.07) is 2.80. The second-order valence-corrected chi connectivity index (χ2v) is 5.10. The van der Waals surface area contributed by atoms with Crippen LogP contribution in [-0.4, -0.2) is 9.93 Å². The van der Waals surface area contributed by atoms with Gasteiger partial charge in [-0.3, -0.25) is 0 Å². The maximum absolute atomic E-state index is 13.2. The minimum absolute atomic E-state index is 0.165. The van der Waals surface area contributed by atoms with Gasteiger partial charge in [0, 0.05) is 15.4 Å². The number of benzene rings is 1. The molecule has 0 aliphatic rings. The molecule has 2 atom stereocenters. The highest BCUT2D eigenvalue weighted by Gasteiger charge is 2.18. The zero-order valence-electron chi connectivity index (χ0n) is 7.89. The molecular weight excluding hydrogens is 270 g/mol. The lowest BCUT2D eigenvalue weighted by Crippen LogP contribution is -2.09. The molecule has 0 amide bonds. The van der Waals surface area contributed by atoms with Crippen LogP contribution in [0.4, 0.5) is 4.39 Å². The number of hydrogen-bond donors (Lipinski definition) is 1. The summed E-state index contributed by atoms with van der Waals surface area (Å²) >= 11 is 9.12. The fourth-order valence-corrected chi connectivity index (χ4v) is 1.75. The second kappa shape index (κ2) is 4.60. The summed E-state index contributed by atoms with van der Waals surface area (Å²) in [6.07, 6.45) is -0.794. The van der Waals surface area contributed by atoms with Gasteiger partial charge in [-0.05, 0) is 31.5 Å². The fraction of sp³-hybridized carbons (Fsp3) is 0.400. The molecule has 1 nitrogen and oxygen atoms in total. The molecule has 0 fully saturated rings. The molecule has 1 rings (SSSR count). The summed E-state index contributed by atoms with van der Waals surface area (Å²) in [7, 11) is 0. The highest BCUT2D eigenvalue weighted by atomic mass is 79.9. The first-order valence-corrected chi connectivity index (χ1v) is 5.50. The Balaban J connectivity index is 3.15. The van der Waals surface area contributed by atoms with Crippen LogP contribution < -0.4 is 0 Å². The maximum atomic E-state index is 13.2. The quantitative estimate of drug-likeness (QED) is 0.821. The fourth-order valence-electron chi connectivity index (χ4n) is 1.14. The van der Waals surface area contributed by atoms with Crippen molar-refractivity contribution < 1.29 is 9.50 Å². The van der Waals surface area contributed by atoms with Crippen molar-refractivity contribution in [1.82, 2.24) is 0 Å². The Morgan fingerprint density at radius 1 is 1.50 bits per heavy atom. The smallest absolute Gasteiger partial charge is 0.126 e. The van der Waals surface area contributed by atoms with E-state index in [9.17, 15) is 9.50 Å². The maximum Gasteiger partial charge on any atom is 0.126 e. The molecule has 1 aromatic rings. The van der Waals surface area contributed by atoms with Crippen molar-refractivity contribution in [3.05, 3.63) is 34.1 Å². The first-order valence-electron chi connectivity index (χ1n) is 4.21. The van der Waals surface area contributed by atoms with E-state index in [1.54, 1.807) is 13.8 Å². The summed E-state index contributed by atoms with van der Waals surface area (Å²) < 4.78 is 13.2. The first-order chi connectivity index (χ1) is 6.43. The highest BCUT2D eigenvalue weighted by molar-refractivity contribution is 9.09. The average Bonchev–Trinajstić information content (AvgIpc) is 2.10. The zero-order valence-corrected chi connectivity index (χ0v) is 10.2. The first kappa shape index (κ1) is 12.0. The third-order valence-corrected chi connectivity index (χ3v) is 2.86. The van der Waals surface area contributed by atoms with E-state index in [4.69, 9.17) is 11.6 Å². The summed E-state index contributed by atoms with van der Waals surface area (Å²) in [5, 5.41) is 10.1. The second-order valence-electron chi connectivity index (χ2n) is 3.25. The molecule has 1 aromatic carbocycles. The summed E-state index contributed by atoms with van der Waals surface area (Å²) in [5.74, 6) is -0.350. The number of halogens is 3. The van der Waals surface area contributed by atoms with Gasteiger partial charge in [0.1, 0.15) is 5.82 Å². The van der Waals surface area contributed by atoms with Crippen LogP contribution in [0.5, 0.6) is 0 Å². The van der Waals surface area contributed by atoms with Crippen molar-refractivity contribution >= 4 is 27.5 Å². The largest absolute Gasteiger partial charge is 0.387 e. The lowest BCUT2D eigenvalue weighted by molar-refractivity contribution is 0.181. The van der Waals surface area contributed by atoms with E-state index in [2.05, 4.69) is 15.9 Å². The lowest BCUT2D eigenvalue weighted by atomic mass is 10.0. The highest BCUT2D eigenvalue weighted by Crippen LogP contribution is 2.30. The van der Waals surface area contributed by atoms with Crippen molar-refractivity contribution in [1.29, 1.82) is 0 Å². The lowest BCUT2D eigenvalue weighted by Gasteiger charge is -2.15. The van der Waals surface area contributed by atoms with Gasteiger partial charge in [0.25, 0.3) is 0 Å². The minimum atomic E-state index is -0.794. The molecule has 0 aliphatic heterocycles. The Bertz CT molecular complexity index is 341. The van der Waals surface area contributed by atoms with Gasteiger partial charge in [-0.15, -0.1) is 0 Å². The predicted molar refractivity (Wildman–Crippen MR) is 59.5 cm³/mol. The molecule has 78 valence electrons. The minimum Gasteiger partial charge on any atom is -0.387 e. The molecule has 4 heteroatoms. The van der Waals surface area contributed by atoms with Crippen LogP contribution in [0.15, 0.2) is 12.1 Å². The van der Waals surface area contributed by atoms with Gasteiger partial charge in [0.2, 0.25) is 0 Å². The predicted octanol–water partition coefficient (Wildman–Crippen LogP) is 3.60. The molecular formula is C10H11BrClFO. The summed E-state index contributed by atoms with van der Waals surface area (Å²) in [6.45, 7) is 3.41. The van der Waals surface area contributed by atoms with E-state index >= 15 is 0 Å². The Morgan fingerprint density at radius 3 is 2.57 bits per heavy atom. The van der Waals surface area contributed by atoms with E-state index in [1.165, 1.54) is 12.1 Å². The van der Waals surface area contributed by atoms with Gasteiger partial charge in [-0.1, -0.05) is 27.5 Å². The molecule has 0 spiro atoms. The van der Waals surface area contributed by atoms with E-state index < -0.39 is 6.10 Å². The molecule has 0 aliphatic carbocycles. The van der Waals surface area contributed by atoms with Crippen LogP contribution in [0.2, 0.25) is 5.02 Å². The molecule has 2 unspecified atom stereocenters. The topological polar surface area (TPSA) is 20.2 Å². The van der Waals surface area contributed by atoms with Crippen molar-refractivity contribution in [2.45, 2.75) is 24.8 Å². The van der Waals surface area contributed by atoms with Crippen molar-refractivity contribution in [3.8, 4) is 0 Å². The van der Waals surface area contributed by atoms with Crippen molar-refractivity contribution in [2.24, 2.45) is 0 Å². The molecule has 0 heterocycles. The van der Waals surface area contributed by atoms with Crippen LogP contribution in [0.25, 0.3) is 0 Å². The third kappa shape index (κ3) is 2.47. The van der Waals surface area contributed by atoms with E-state index in [-0.39, 0.29) is 10.6 Å². The molecule has 0 aromatic heterocycles. The molecule has 14 heavy (non-hydrogen) atoms. The van der Waals surface area contributed by atoms with Crippen LogP contribution in [0.1, 0.15) is 24.2 Å². The Morgan fingerprint density at radius 2 is 2.07 bits per heavy atom.